The number of benzene rings is 3. The van der Waals surface area contributed by atoms with Crippen LogP contribution in [0.4, 0.5) is 17.1 Å². The maximum absolute atomic E-state index is 2.39. The van der Waals surface area contributed by atoms with Crippen molar-refractivity contribution in [2.45, 2.75) is 57.8 Å². The Kier molecular flexibility index (Phi) is 6.15. The van der Waals surface area contributed by atoms with E-state index in [0.717, 1.165) is 0 Å². The molecule has 0 N–H and O–H groups in total. The SMILES string of the molecule is CN1/C(=C/C=C(/C=C/C2=[N+](C)c3ccccc3C2(C)C)C2=[N+](C)c3ccccc3C2(C)C)C(C)(C)c2ccccc21. The minimum atomic E-state index is -0.134. The third-order valence-corrected chi connectivity index (χ3v) is 9.86. The van der Waals surface area contributed by atoms with Crippen LogP contribution in [0.25, 0.3) is 0 Å². The molecule has 6 rings (SSSR count). The summed E-state index contributed by atoms with van der Waals surface area (Å²) in [7, 11) is 6.61. The van der Waals surface area contributed by atoms with Gasteiger partial charge in [0.1, 0.15) is 14.1 Å². The van der Waals surface area contributed by atoms with Gasteiger partial charge < -0.3 is 4.90 Å². The maximum Gasteiger partial charge on any atom is 0.209 e. The van der Waals surface area contributed by atoms with Crippen molar-refractivity contribution in [1.29, 1.82) is 0 Å². The standard InChI is InChI=1S/C38H43N3/c1-36(2)27-16-10-13-19-30(27)39(7)33(36)24-22-26(35-38(5,6)29-18-12-15-21-32(29)41(35)9)23-25-34-37(3,4)28-17-11-14-20-31(28)40(34)8/h10-25H,1-9H3/q+2. The van der Waals surface area contributed by atoms with E-state index in [1.165, 1.54) is 56.4 Å². The first kappa shape index (κ1) is 27.2. The molecule has 0 radical (unpaired) electrons. The van der Waals surface area contributed by atoms with E-state index < -0.39 is 0 Å². The molecule has 0 spiro atoms. The smallest absolute Gasteiger partial charge is 0.209 e. The first-order valence-electron chi connectivity index (χ1n) is 14.7. The summed E-state index contributed by atoms with van der Waals surface area (Å²) >= 11 is 0. The molecule has 3 nitrogen and oxygen atoms in total. The van der Waals surface area contributed by atoms with Crippen molar-refractivity contribution in [2.75, 3.05) is 26.0 Å². The molecule has 0 atom stereocenters. The molecule has 3 heterocycles. The fraction of sp³-hybridized carbons (Fsp3) is 0.316. The van der Waals surface area contributed by atoms with Gasteiger partial charge in [-0.25, -0.2) is 0 Å². The zero-order valence-corrected chi connectivity index (χ0v) is 26.1. The second kappa shape index (κ2) is 9.27. The Labute approximate surface area is 246 Å². The lowest BCUT2D eigenvalue weighted by Gasteiger charge is -2.24. The van der Waals surface area contributed by atoms with Gasteiger partial charge in [0.15, 0.2) is 11.4 Å². The summed E-state index contributed by atoms with van der Waals surface area (Å²) in [5, 5.41) is 0. The van der Waals surface area contributed by atoms with Crippen LogP contribution in [0.2, 0.25) is 0 Å². The van der Waals surface area contributed by atoms with Gasteiger partial charge in [-0.3, -0.25) is 0 Å². The van der Waals surface area contributed by atoms with Crippen molar-refractivity contribution in [1.82, 2.24) is 0 Å². The Hall–Kier alpha value is -3.98. The van der Waals surface area contributed by atoms with Crippen molar-refractivity contribution in [3.05, 3.63) is 125 Å². The van der Waals surface area contributed by atoms with Crippen LogP contribution in [0.15, 0.2) is 108 Å². The molecule has 41 heavy (non-hydrogen) atoms. The number of anilines is 1. The monoisotopic (exact) mass is 541 g/mol. The van der Waals surface area contributed by atoms with Crippen molar-refractivity contribution >= 4 is 28.5 Å². The van der Waals surface area contributed by atoms with Crippen LogP contribution < -0.4 is 4.90 Å². The number of hydrogen-bond acceptors (Lipinski definition) is 1. The summed E-state index contributed by atoms with van der Waals surface area (Å²) in [5.74, 6) is 0. The lowest BCUT2D eigenvalue weighted by Crippen LogP contribution is -2.30. The van der Waals surface area contributed by atoms with E-state index in [0.29, 0.717) is 0 Å². The molecule has 3 heteroatoms. The van der Waals surface area contributed by atoms with Crippen LogP contribution in [-0.4, -0.2) is 41.7 Å². The quantitative estimate of drug-likeness (QED) is 0.239. The fourth-order valence-corrected chi connectivity index (χ4v) is 7.67. The molecule has 208 valence electrons. The largest absolute Gasteiger partial charge is 0.347 e. The zero-order chi connectivity index (χ0) is 29.3. The van der Waals surface area contributed by atoms with E-state index in [9.17, 15) is 0 Å². The number of rotatable bonds is 4. The summed E-state index contributed by atoms with van der Waals surface area (Å²) in [4.78, 5) is 2.36. The molecule has 0 unspecified atom stereocenters. The number of fused-ring (bicyclic) bond motifs is 3. The molecular weight excluding hydrogens is 498 g/mol. The summed E-state index contributed by atoms with van der Waals surface area (Å²) < 4.78 is 4.75. The van der Waals surface area contributed by atoms with Gasteiger partial charge in [-0.15, -0.1) is 0 Å². The van der Waals surface area contributed by atoms with Gasteiger partial charge in [0.05, 0.1) is 10.8 Å². The van der Waals surface area contributed by atoms with Crippen LogP contribution in [-0.2, 0) is 16.2 Å². The Balaban J connectivity index is 1.51. The van der Waals surface area contributed by atoms with E-state index in [2.05, 4.69) is 174 Å². The highest BCUT2D eigenvalue weighted by molar-refractivity contribution is 6.11. The Morgan fingerprint density at radius 3 is 1.78 bits per heavy atom. The average molecular weight is 542 g/mol. The van der Waals surface area contributed by atoms with Crippen LogP contribution in [0.5, 0.6) is 0 Å². The molecule has 3 aliphatic heterocycles. The molecule has 0 aromatic heterocycles. The second-order valence-corrected chi connectivity index (χ2v) is 13.3. The summed E-state index contributed by atoms with van der Waals surface area (Å²) in [6.45, 7) is 14.1. The number of hydrogen-bond donors (Lipinski definition) is 0. The van der Waals surface area contributed by atoms with Crippen LogP contribution in [0.3, 0.4) is 0 Å². The topological polar surface area (TPSA) is 9.26 Å². The van der Waals surface area contributed by atoms with E-state index in [-0.39, 0.29) is 16.2 Å². The van der Waals surface area contributed by atoms with Crippen molar-refractivity contribution in [3.63, 3.8) is 0 Å². The van der Waals surface area contributed by atoms with Crippen molar-refractivity contribution < 1.29 is 9.15 Å². The normalized spacial score (nSPS) is 21.2. The third kappa shape index (κ3) is 3.93. The minimum Gasteiger partial charge on any atom is -0.347 e. The molecule has 0 saturated carbocycles. The van der Waals surface area contributed by atoms with E-state index in [1.807, 2.05) is 0 Å². The average Bonchev–Trinajstić information content (AvgIpc) is 3.37. The number of nitrogens with zero attached hydrogens (tertiary/aromatic N) is 3. The lowest BCUT2D eigenvalue weighted by molar-refractivity contribution is -0.401. The lowest BCUT2D eigenvalue weighted by atomic mass is 9.77. The predicted octanol–water partition coefficient (Wildman–Crippen LogP) is 8.19. The number of likely N-dealkylation sites (N-methyl/N-ethyl adjacent to an activating group) is 1. The molecule has 0 amide bonds. The molecule has 0 bridgehead atoms. The van der Waals surface area contributed by atoms with Crippen LogP contribution in [0, 0.1) is 0 Å². The predicted molar refractivity (Wildman–Crippen MR) is 174 cm³/mol. The molecule has 0 fully saturated rings. The van der Waals surface area contributed by atoms with Gasteiger partial charge in [0, 0.05) is 58.8 Å². The second-order valence-electron chi connectivity index (χ2n) is 13.3. The molecule has 3 aliphatic rings. The minimum absolute atomic E-state index is 0.0779. The van der Waals surface area contributed by atoms with E-state index >= 15 is 0 Å². The van der Waals surface area contributed by atoms with Gasteiger partial charge in [-0.2, -0.15) is 9.15 Å². The Morgan fingerprint density at radius 2 is 1.20 bits per heavy atom. The summed E-state index contributed by atoms with van der Waals surface area (Å²) in [5.41, 5.74) is 12.8. The van der Waals surface area contributed by atoms with Crippen molar-refractivity contribution in [2.24, 2.45) is 0 Å². The highest BCUT2D eigenvalue weighted by Gasteiger charge is 2.46. The zero-order valence-electron chi connectivity index (χ0n) is 26.1. The fourth-order valence-electron chi connectivity index (χ4n) is 7.67. The Bertz CT molecular complexity index is 1740. The van der Waals surface area contributed by atoms with Gasteiger partial charge in [-0.1, -0.05) is 68.4 Å². The number of para-hydroxylation sites is 3. The number of allylic oxidation sites excluding steroid dienone is 6. The molecule has 3 aromatic rings. The van der Waals surface area contributed by atoms with Crippen LogP contribution >= 0.6 is 0 Å². The van der Waals surface area contributed by atoms with E-state index in [1.54, 1.807) is 0 Å². The third-order valence-electron chi connectivity index (χ3n) is 9.86. The molecule has 0 aliphatic carbocycles. The molecular formula is C38H43N3+2. The van der Waals surface area contributed by atoms with Crippen molar-refractivity contribution in [3.8, 4) is 0 Å². The highest BCUT2D eigenvalue weighted by Crippen LogP contribution is 2.47. The van der Waals surface area contributed by atoms with Gasteiger partial charge >= 0.3 is 0 Å². The van der Waals surface area contributed by atoms with Gasteiger partial charge in [0.2, 0.25) is 11.4 Å². The molecule has 0 saturated heterocycles. The summed E-state index contributed by atoms with van der Waals surface area (Å²) in [6.07, 6.45) is 9.40. The van der Waals surface area contributed by atoms with Gasteiger partial charge in [0.25, 0.3) is 0 Å². The first-order valence-corrected chi connectivity index (χ1v) is 14.7. The maximum atomic E-state index is 2.39. The van der Waals surface area contributed by atoms with E-state index in [4.69, 9.17) is 0 Å². The first-order chi connectivity index (χ1) is 19.4. The highest BCUT2D eigenvalue weighted by atomic mass is 15.2. The van der Waals surface area contributed by atoms with Crippen LogP contribution in [0.1, 0.15) is 58.2 Å². The Morgan fingerprint density at radius 1 is 0.659 bits per heavy atom. The summed E-state index contributed by atoms with van der Waals surface area (Å²) in [6, 6.07) is 26.4. The molecule has 3 aromatic carbocycles. The van der Waals surface area contributed by atoms with Gasteiger partial charge in [-0.05, 0) is 57.6 Å².